The number of hydrogen-bond acceptors (Lipinski definition) is 4. The number of ether oxygens (including phenoxy) is 1. The molecule has 29 heavy (non-hydrogen) atoms. The van der Waals surface area contributed by atoms with Crippen LogP contribution < -0.4 is 9.46 Å². The average Bonchev–Trinajstić information content (AvgIpc) is 3.61. The van der Waals surface area contributed by atoms with E-state index in [4.69, 9.17) is 4.74 Å². The highest BCUT2D eigenvalue weighted by Crippen LogP contribution is 2.32. The van der Waals surface area contributed by atoms with Crippen LogP contribution >= 0.6 is 0 Å². The van der Waals surface area contributed by atoms with E-state index in [2.05, 4.69) is 4.72 Å². The number of benzene rings is 2. The van der Waals surface area contributed by atoms with E-state index in [9.17, 15) is 17.6 Å². The largest absolute Gasteiger partial charge is 0.495 e. The highest BCUT2D eigenvalue weighted by molar-refractivity contribution is 7.89. The minimum Gasteiger partial charge on any atom is -0.495 e. The SMILES string of the molecule is COc1ccc(C(=O)N(Cc2ccccc2F)C2CC2)cc1S(=O)(=O)NC1CC1. The van der Waals surface area contributed by atoms with E-state index >= 15 is 0 Å². The highest BCUT2D eigenvalue weighted by atomic mass is 32.2. The lowest BCUT2D eigenvalue weighted by Crippen LogP contribution is -2.33. The first-order chi connectivity index (χ1) is 13.9. The van der Waals surface area contributed by atoms with Crippen molar-refractivity contribution in [2.24, 2.45) is 0 Å². The Balaban J connectivity index is 1.64. The van der Waals surface area contributed by atoms with E-state index in [0.29, 0.717) is 5.56 Å². The molecule has 1 N–H and O–H groups in total. The first-order valence-electron chi connectivity index (χ1n) is 9.64. The number of nitrogens with zero attached hydrogens (tertiary/aromatic N) is 1. The summed E-state index contributed by atoms with van der Waals surface area (Å²) in [5.74, 6) is -0.499. The van der Waals surface area contributed by atoms with Crippen molar-refractivity contribution in [1.82, 2.24) is 9.62 Å². The zero-order chi connectivity index (χ0) is 20.6. The van der Waals surface area contributed by atoms with Gasteiger partial charge in [0.1, 0.15) is 16.5 Å². The molecule has 2 saturated carbocycles. The second-order valence-electron chi connectivity index (χ2n) is 7.52. The van der Waals surface area contributed by atoms with E-state index < -0.39 is 10.0 Å². The fraction of sp³-hybridized carbons (Fsp3) is 0.381. The number of methoxy groups -OCH3 is 1. The van der Waals surface area contributed by atoms with Gasteiger partial charge < -0.3 is 9.64 Å². The lowest BCUT2D eigenvalue weighted by atomic mass is 10.1. The maximum absolute atomic E-state index is 14.1. The van der Waals surface area contributed by atoms with E-state index in [0.717, 1.165) is 25.7 Å². The number of amides is 1. The summed E-state index contributed by atoms with van der Waals surface area (Å²) in [6.45, 7) is 0.143. The maximum Gasteiger partial charge on any atom is 0.254 e. The molecule has 4 rings (SSSR count). The average molecular weight is 418 g/mol. The summed E-state index contributed by atoms with van der Waals surface area (Å²) in [6, 6.07) is 10.7. The van der Waals surface area contributed by atoms with Gasteiger partial charge in [0.15, 0.2) is 0 Å². The quantitative estimate of drug-likeness (QED) is 0.715. The molecule has 2 aromatic rings. The molecule has 2 aromatic carbocycles. The highest BCUT2D eigenvalue weighted by Gasteiger charge is 2.35. The van der Waals surface area contributed by atoms with Crippen LogP contribution in [0.3, 0.4) is 0 Å². The number of nitrogens with one attached hydrogen (secondary N) is 1. The van der Waals surface area contributed by atoms with Crippen LogP contribution in [-0.2, 0) is 16.6 Å². The molecule has 1 amide bonds. The fourth-order valence-electron chi connectivity index (χ4n) is 3.23. The monoisotopic (exact) mass is 418 g/mol. The number of hydrogen-bond donors (Lipinski definition) is 1. The molecular weight excluding hydrogens is 395 g/mol. The first kappa shape index (κ1) is 19.8. The Hall–Kier alpha value is -2.45. The van der Waals surface area contributed by atoms with Gasteiger partial charge in [0, 0.05) is 29.8 Å². The Kier molecular flexibility index (Phi) is 5.31. The van der Waals surface area contributed by atoms with E-state index in [-0.39, 0.29) is 46.6 Å². The zero-order valence-electron chi connectivity index (χ0n) is 16.1. The lowest BCUT2D eigenvalue weighted by molar-refractivity contribution is 0.0728. The van der Waals surface area contributed by atoms with Gasteiger partial charge in [-0.25, -0.2) is 17.5 Å². The van der Waals surface area contributed by atoms with E-state index in [1.165, 1.54) is 25.3 Å². The smallest absolute Gasteiger partial charge is 0.254 e. The molecule has 0 heterocycles. The third-order valence-electron chi connectivity index (χ3n) is 5.15. The first-order valence-corrected chi connectivity index (χ1v) is 11.1. The van der Waals surface area contributed by atoms with Crippen LogP contribution in [0.2, 0.25) is 0 Å². The minimum atomic E-state index is -3.80. The van der Waals surface area contributed by atoms with Crippen molar-refractivity contribution in [2.45, 2.75) is 49.2 Å². The van der Waals surface area contributed by atoms with Crippen LogP contribution in [-0.4, -0.2) is 38.4 Å². The van der Waals surface area contributed by atoms with Crippen LogP contribution in [0.25, 0.3) is 0 Å². The van der Waals surface area contributed by atoms with Gasteiger partial charge in [0.25, 0.3) is 5.91 Å². The van der Waals surface area contributed by atoms with Gasteiger partial charge in [0.2, 0.25) is 10.0 Å². The second kappa shape index (κ2) is 7.76. The molecule has 0 spiro atoms. The van der Waals surface area contributed by atoms with Crippen LogP contribution in [0.1, 0.15) is 41.6 Å². The molecule has 2 fully saturated rings. The Bertz CT molecular complexity index is 1030. The van der Waals surface area contributed by atoms with Crippen molar-refractivity contribution < 1.29 is 22.3 Å². The van der Waals surface area contributed by atoms with Gasteiger partial charge in [-0.05, 0) is 49.9 Å². The second-order valence-corrected chi connectivity index (χ2v) is 9.20. The number of halogens is 1. The number of carbonyl (C=O) groups excluding carboxylic acids is 1. The van der Waals surface area contributed by atoms with Gasteiger partial charge in [-0.1, -0.05) is 18.2 Å². The summed E-state index contributed by atoms with van der Waals surface area (Å²) in [5.41, 5.74) is 0.676. The summed E-state index contributed by atoms with van der Waals surface area (Å²) >= 11 is 0. The Morgan fingerprint density at radius 1 is 1.17 bits per heavy atom. The summed E-state index contributed by atoms with van der Waals surface area (Å²) in [6.07, 6.45) is 3.31. The lowest BCUT2D eigenvalue weighted by Gasteiger charge is -2.23. The van der Waals surface area contributed by atoms with Crippen LogP contribution in [0.4, 0.5) is 4.39 Å². The molecule has 2 aliphatic rings. The van der Waals surface area contributed by atoms with Gasteiger partial charge >= 0.3 is 0 Å². The zero-order valence-corrected chi connectivity index (χ0v) is 16.9. The number of sulfonamides is 1. The summed E-state index contributed by atoms with van der Waals surface area (Å²) in [5, 5.41) is 0. The van der Waals surface area contributed by atoms with Crippen molar-refractivity contribution in [3.05, 3.63) is 59.4 Å². The Labute approximate surface area is 169 Å². The Morgan fingerprint density at radius 2 is 1.90 bits per heavy atom. The van der Waals surface area contributed by atoms with Crippen LogP contribution in [0, 0.1) is 5.82 Å². The summed E-state index contributed by atoms with van der Waals surface area (Å²) in [7, 11) is -2.41. The van der Waals surface area contributed by atoms with Gasteiger partial charge in [0.05, 0.1) is 7.11 Å². The van der Waals surface area contributed by atoms with Gasteiger partial charge in [-0.2, -0.15) is 0 Å². The molecule has 0 aliphatic heterocycles. The molecule has 154 valence electrons. The molecule has 0 aromatic heterocycles. The molecule has 0 saturated heterocycles. The van der Waals surface area contributed by atoms with E-state index in [1.807, 2.05) is 0 Å². The van der Waals surface area contributed by atoms with Crippen molar-refractivity contribution in [1.29, 1.82) is 0 Å². The van der Waals surface area contributed by atoms with Gasteiger partial charge in [-0.3, -0.25) is 4.79 Å². The molecule has 8 heteroatoms. The molecule has 0 atom stereocenters. The standard InChI is InChI=1S/C21H23FN2O4S/c1-28-19-11-6-14(12-20(19)29(26,27)23-16-7-8-16)21(25)24(17-9-10-17)13-15-4-2-3-5-18(15)22/h2-6,11-12,16-17,23H,7-10,13H2,1H3. The molecule has 0 unspecified atom stereocenters. The van der Waals surface area contributed by atoms with Gasteiger partial charge in [-0.15, -0.1) is 0 Å². The molecule has 6 nitrogen and oxygen atoms in total. The minimum absolute atomic E-state index is 0.0360. The topological polar surface area (TPSA) is 75.7 Å². The molecule has 0 bridgehead atoms. The van der Waals surface area contributed by atoms with Crippen LogP contribution in [0.15, 0.2) is 47.4 Å². The third kappa shape index (κ3) is 4.43. The predicted molar refractivity (Wildman–Crippen MR) is 106 cm³/mol. The number of rotatable bonds is 8. The molecule has 0 radical (unpaired) electrons. The molecule has 2 aliphatic carbocycles. The molecular formula is C21H23FN2O4S. The normalized spacial score (nSPS) is 16.5. The maximum atomic E-state index is 14.1. The Morgan fingerprint density at radius 3 is 2.52 bits per heavy atom. The summed E-state index contributed by atoms with van der Waals surface area (Å²) in [4.78, 5) is 14.8. The van der Waals surface area contributed by atoms with Crippen molar-refractivity contribution in [3.8, 4) is 5.75 Å². The van der Waals surface area contributed by atoms with Crippen LogP contribution in [0.5, 0.6) is 5.75 Å². The summed E-state index contributed by atoms with van der Waals surface area (Å²) < 4.78 is 47.4. The predicted octanol–water partition coefficient (Wildman–Crippen LogP) is 3.08. The fourth-order valence-corrected chi connectivity index (χ4v) is 4.73. The third-order valence-corrected chi connectivity index (χ3v) is 6.69. The van der Waals surface area contributed by atoms with Crippen molar-refractivity contribution in [3.63, 3.8) is 0 Å². The van der Waals surface area contributed by atoms with E-state index in [1.54, 1.807) is 29.2 Å². The van der Waals surface area contributed by atoms with Crippen molar-refractivity contribution in [2.75, 3.05) is 7.11 Å². The number of carbonyl (C=O) groups is 1. The van der Waals surface area contributed by atoms with Crippen molar-refractivity contribution >= 4 is 15.9 Å².